The van der Waals surface area contributed by atoms with E-state index in [1.165, 1.54) is 0 Å². The Kier molecular flexibility index (Phi) is 5.07. The number of nitrogens with zero attached hydrogens (tertiary/aromatic N) is 3. The van der Waals surface area contributed by atoms with Crippen LogP contribution in [-0.2, 0) is 16.0 Å². The zero-order valence-corrected chi connectivity index (χ0v) is 11.8. The van der Waals surface area contributed by atoms with E-state index in [0.717, 1.165) is 37.7 Å². The van der Waals surface area contributed by atoms with Crippen LogP contribution in [0.2, 0.25) is 0 Å². The zero-order valence-electron chi connectivity index (χ0n) is 11.8. The van der Waals surface area contributed by atoms with Crippen LogP contribution >= 0.6 is 0 Å². The first-order valence-corrected chi connectivity index (χ1v) is 6.59. The fraction of sp³-hybridized carbons (Fsp3) is 0.692. The van der Waals surface area contributed by atoms with Gasteiger partial charge in [0.1, 0.15) is 5.82 Å². The topological polar surface area (TPSA) is 59.5 Å². The van der Waals surface area contributed by atoms with E-state index in [9.17, 15) is 0 Å². The lowest BCUT2D eigenvalue weighted by molar-refractivity contribution is -0.00461. The molecule has 1 aliphatic rings. The van der Waals surface area contributed by atoms with E-state index in [1.807, 2.05) is 13.1 Å². The van der Waals surface area contributed by atoms with Gasteiger partial charge >= 0.3 is 0 Å². The first-order valence-electron chi connectivity index (χ1n) is 6.59. The molecule has 19 heavy (non-hydrogen) atoms. The van der Waals surface area contributed by atoms with E-state index in [2.05, 4.69) is 20.2 Å². The van der Waals surface area contributed by atoms with Gasteiger partial charge in [-0.15, -0.1) is 0 Å². The van der Waals surface area contributed by atoms with Crippen LogP contribution in [0.1, 0.15) is 12.6 Å². The number of aromatic nitrogens is 2. The maximum atomic E-state index is 5.42. The van der Waals surface area contributed by atoms with Gasteiger partial charge in [-0.2, -0.15) is 0 Å². The summed E-state index contributed by atoms with van der Waals surface area (Å²) >= 11 is 0. The van der Waals surface area contributed by atoms with Crippen LogP contribution in [0.15, 0.2) is 12.4 Å². The number of hydrogen-bond donors (Lipinski definition) is 1. The standard InChI is InChI=1S/C13H22N4O2/c1-4-14-13-6-15-10(5-16-13)7-17-8-11(18-2)12(9-17)19-3/h5-6,11-12H,4,7-9H2,1-3H3,(H,14,16). The van der Waals surface area contributed by atoms with E-state index in [1.54, 1.807) is 20.4 Å². The Balaban J connectivity index is 1.91. The van der Waals surface area contributed by atoms with Crippen molar-refractivity contribution in [2.75, 3.05) is 39.2 Å². The van der Waals surface area contributed by atoms with Crippen LogP contribution in [0.25, 0.3) is 0 Å². The Bertz CT molecular complexity index is 373. The van der Waals surface area contributed by atoms with E-state index in [-0.39, 0.29) is 12.2 Å². The molecule has 0 aliphatic carbocycles. The lowest BCUT2D eigenvalue weighted by Crippen LogP contribution is -2.27. The summed E-state index contributed by atoms with van der Waals surface area (Å²) in [6, 6.07) is 0. The molecule has 6 heteroatoms. The van der Waals surface area contributed by atoms with Crippen LogP contribution in [0.5, 0.6) is 0 Å². The highest BCUT2D eigenvalue weighted by Gasteiger charge is 2.32. The van der Waals surface area contributed by atoms with Gasteiger partial charge in [0.15, 0.2) is 0 Å². The van der Waals surface area contributed by atoms with Crippen LogP contribution in [0.4, 0.5) is 5.82 Å². The molecule has 0 radical (unpaired) electrons. The molecule has 0 aromatic carbocycles. The number of likely N-dealkylation sites (tertiary alicyclic amines) is 1. The summed E-state index contributed by atoms with van der Waals surface area (Å²) in [6.45, 7) is 5.40. The molecule has 1 fully saturated rings. The van der Waals surface area contributed by atoms with E-state index in [0.29, 0.717) is 0 Å². The number of nitrogens with one attached hydrogen (secondary N) is 1. The Morgan fingerprint density at radius 2 is 1.89 bits per heavy atom. The van der Waals surface area contributed by atoms with Gasteiger partial charge in [-0.1, -0.05) is 0 Å². The average molecular weight is 266 g/mol. The summed E-state index contributed by atoms with van der Waals surface area (Å²) in [5.74, 6) is 0.817. The number of hydrogen-bond acceptors (Lipinski definition) is 6. The van der Waals surface area contributed by atoms with Gasteiger partial charge in [0, 0.05) is 40.4 Å². The van der Waals surface area contributed by atoms with Crippen molar-refractivity contribution in [3.63, 3.8) is 0 Å². The summed E-state index contributed by atoms with van der Waals surface area (Å²) in [5, 5.41) is 3.13. The van der Waals surface area contributed by atoms with Gasteiger partial charge in [-0.3, -0.25) is 9.88 Å². The molecule has 0 spiro atoms. The lowest BCUT2D eigenvalue weighted by atomic mass is 10.3. The number of ether oxygens (including phenoxy) is 2. The molecule has 1 saturated heterocycles. The van der Waals surface area contributed by atoms with E-state index in [4.69, 9.17) is 9.47 Å². The van der Waals surface area contributed by atoms with Crippen molar-refractivity contribution in [1.82, 2.24) is 14.9 Å². The third-order valence-corrected chi connectivity index (χ3v) is 3.35. The minimum Gasteiger partial charge on any atom is -0.377 e. The van der Waals surface area contributed by atoms with Crippen molar-refractivity contribution in [3.05, 3.63) is 18.1 Å². The average Bonchev–Trinajstić information content (AvgIpc) is 2.83. The van der Waals surface area contributed by atoms with Crippen molar-refractivity contribution in [3.8, 4) is 0 Å². The predicted molar refractivity (Wildman–Crippen MR) is 73.1 cm³/mol. The molecule has 2 rings (SSSR count). The van der Waals surface area contributed by atoms with Gasteiger partial charge in [-0.25, -0.2) is 4.98 Å². The predicted octanol–water partition coefficient (Wildman–Crippen LogP) is 0.754. The summed E-state index contributed by atoms with van der Waals surface area (Å²) in [4.78, 5) is 11.0. The number of methoxy groups -OCH3 is 2. The number of rotatable bonds is 6. The first-order chi connectivity index (χ1) is 9.26. The smallest absolute Gasteiger partial charge is 0.144 e. The van der Waals surface area contributed by atoms with Crippen molar-refractivity contribution >= 4 is 5.82 Å². The Morgan fingerprint density at radius 1 is 1.21 bits per heavy atom. The molecule has 106 valence electrons. The van der Waals surface area contributed by atoms with Gasteiger partial charge in [0.2, 0.25) is 0 Å². The molecule has 2 heterocycles. The highest BCUT2D eigenvalue weighted by Crippen LogP contribution is 2.17. The van der Waals surface area contributed by atoms with Crippen LogP contribution in [-0.4, -0.2) is 60.9 Å². The van der Waals surface area contributed by atoms with Gasteiger partial charge in [-0.05, 0) is 6.92 Å². The third kappa shape index (κ3) is 3.62. The number of anilines is 1. The second kappa shape index (κ2) is 6.79. The highest BCUT2D eigenvalue weighted by molar-refractivity contribution is 5.30. The van der Waals surface area contributed by atoms with Crippen molar-refractivity contribution in [2.45, 2.75) is 25.7 Å². The second-order valence-corrected chi connectivity index (χ2v) is 4.67. The summed E-state index contributed by atoms with van der Waals surface area (Å²) in [5.41, 5.74) is 0.966. The van der Waals surface area contributed by atoms with Crippen molar-refractivity contribution in [2.24, 2.45) is 0 Å². The fourth-order valence-electron chi connectivity index (χ4n) is 2.34. The first kappa shape index (κ1) is 14.2. The molecule has 1 aromatic heterocycles. The largest absolute Gasteiger partial charge is 0.377 e. The normalized spacial score (nSPS) is 23.7. The van der Waals surface area contributed by atoms with Gasteiger partial charge < -0.3 is 14.8 Å². The Hall–Kier alpha value is -1.24. The molecule has 0 bridgehead atoms. The fourth-order valence-corrected chi connectivity index (χ4v) is 2.34. The summed E-state index contributed by atoms with van der Waals surface area (Å²) in [7, 11) is 3.45. The SMILES string of the molecule is CCNc1cnc(CN2CC(OC)C(OC)C2)cn1. The van der Waals surface area contributed by atoms with Crippen molar-refractivity contribution in [1.29, 1.82) is 0 Å². The zero-order chi connectivity index (χ0) is 13.7. The summed E-state index contributed by atoms with van der Waals surface area (Å²) in [6.07, 6.45) is 3.87. The molecule has 1 N–H and O–H groups in total. The molecular formula is C13H22N4O2. The van der Waals surface area contributed by atoms with Gasteiger partial charge in [0.25, 0.3) is 0 Å². The Labute approximate surface area is 114 Å². The molecule has 1 aromatic rings. The molecule has 0 amide bonds. The lowest BCUT2D eigenvalue weighted by Gasteiger charge is -2.14. The molecule has 2 atom stereocenters. The minimum atomic E-state index is 0.138. The monoisotopic (exact) mass is 266 g/mol. The van der Waals surface area contributed by atoms with Gasteiger partial charge in [0.05, 0.1) is 30.3 Å². The van der Waals surface area contributed by atoms with E-state index >= 15 is 0 Å². The maximum Gasteiger partial charge on any atom is 0.144 e. The Morgan fingerprint density at radius 3 is 2.37 bits per heavy atom. The molecular weight excluding hydrogens is 244 g/mol. The minimum absolute atomic E-state index is 0.138. The highest BCUT2D eigenvalue weighted by atomic mass is 16.5. The second-order valence-electron chi connectivity index (χ2n) is 4.67. The van der Waals surface area contributed by atoms with Crippen LogP contribution in [0, 0.1) is 0 Å². The van der Waals surface area contributed by atoms with Crippen molar-refractivity contribution < 1.29 is 9.47 Å². The third-order valence-electron chi connectivity index (χ3n) is 3.35. The molecule has 1 aliphatic heterocycles. The molecule has 0 saturated carbocycles. The molecule has 6 nitrogen and oxygen atoms in total. The van der Waals surface area contributed by atoms with Crippen LogP contribution in [0.3, 0.4) is 0 Å². The quantitative estimate of drug-likeness (QED) is 0.820. The van der Waals surface area contributed by atoms with E-state index < -0.39 is 0 Å². The summed E-state index contributed by atoms with van der Waals surface area (Å²) < 4.78 is 10.8. The van der Waals surface area contributed by atoms with Crippen LogP contribution < -0.4 is 5.32 Å². The molecule has 2 unspecified atom stereocenters. The maximum absolute atomic E-state index is 5.42.